The predicted octanol–water partition coefficient (Wildman–Crippen LogP) is 4.14. The molecule has 0 saturated carbocycles. The minimum atomic E-state index is -0.495. The van der Waals surface area contributed by atoms with E-state index in [0.29, 0.717) is 0 Å². The molecule has 0 unspecified atom stereocenters. The molecule has 0 spiro atoms. The van der Waals surface area contributed by atoms with E-state index in [1.807, 2.05) is 13.8 Å². The van der Waals surface area contributed by atoms with Crippen molar-refractivity contribution < 1.29 is 9.18 Å². The van der Waals surface area contributed by atoms with Gasteiger partial charge in [-0.2, -0.15) is 5.10 Å². The van der Waals surface area contributed by atoms with Crippen molar-refractivity contribution in [3.63, 3.8) is 0 Å². The molecule has 0 aliphatic carbocycles. The average molecular weight is 301 g/mol. The predicted molar refractivity (Wildman–Crippen MR) is 72.5 cm³/mol. The standard InChI is InChI=1S/C13H11Cl2FN2O/c1-7(2)18-12(11(15)6-17-18)13(19)9-4-3-8(16)5-10(9)14/h3-7H,1-2H3. The Balaban J connectivity index is 2.53. The third kappa shape index (κ3) is 2.65. The van der Waals surface area contributed by atoms with Crippen molar-refractivity contribution in [1.29, 1.82) is 0 Å². The Morgan fingerprint density at radius 2 is 2.00 bits per heavy atom. The van der Waals surface area contributed by atoms with Crippen LogP contribution in [-0.2, 0) is 0 Å². The number of hydrogen-bond acceptors (Lipinski definition) is 2. The first-order chi connectivity index (χ1) is 8.91. The van der Waals surface area contributed by atoms with Gasteiger partial charge in [-0.3, -0.25) is 9.48 Å². The lowest BCUT2D eigenvalue weighted by Crippen LogP contribution is -2.14. The highest BCUT2D eigenvalue weighted by Crippen LogP contribution is 2.26. The van der Waals surface area contributed by atoms with E-state index in [9.17, 15) is 9.18 Å². The van der Waals surface area contributed by atoms with Gasteiger partial charge in [-0.05, 0) is 32.0 Å². The van der Waals surface area contributed by atoms with Crippen molar-refractivity contribution in [2.75, 3.05) is 0 Å². The van der Waals surface area contributed by atoms with Gasteiger partial charge in [-0.15, -0.1) is 0 Å². The normalized spacial score (nSPS) is 11.1. The maximum atomic E-state index is 13.0. The summed E-state index contributed by atoms with van der Waals surface area (Å²) in [5.41, 5.74) is 0.456. The smallest absolute Gasteiger partial charge is 0.214 e. The van der Waals surface area contributed by atoms with Crippen LogP contribution in [0.5, 0.6) is 0 Å². The van der Waals surface area contributed by atoms with Crippen molar-refractivity contribution in [1.82, 2.24) is 9.78 Å². The van der Waals surface area contributed by atoms with E-state index in [1.54, 1.807) is 0 Å². The third-order valence-electron chi connectivity index (χ3n) is 2.63. The van der Waals surface area contributed by atoms with Gasteiger partial charge >= 0.3 is 0 Å². The number of aromatic nitrogens is 2. The van der Waals surface area contributed by atoms with Gasteiger partial charge in [0.25, 0.3) is 0 Å². The number of carbonyl (C=O) groups excluding carboxylic acids is 1. The molecule has 0 amide bonds. The average Bonchev–Trinajstić information content (AvgIpc) is 2.70. The number of nitrogens with zero attached hydrogens (tertiary/aromatic N) is 2. The molecule has 0 atom stereocenters. The lowest BCUT2D eigenvalue weighted by Gasteiger charge is -2.11. The first-order valence-corrected chi connectivity index (χ1v) is 6.40. The number of hydrogen-bond donors (Lipinski definition) is 0. The summed E-state index contributed by atoms with van der Waals surface area (Å²) in [4.78, 5) is 12.4. The molecule has 0 radical (unpaired) electrons. The number of carbonyl (C=O) groups is 1. The SMILES string of the molecule is CC(C)n1ncc(Cl)c1C(=O)c1ccc(F)cc1Cl. The Morgan fingerprint density at radius 1 is 1.32 bits per heavy atom. The van der Waals surface area contributed by atoms with E-state index in [-0.39, 0.29) is 33.1 Å². The second kappa shape index (κ2) is 5.31. The molecule has 1 aromatic carbocycles. The minimum Gasteiger partial charge on any atom is -0.287 e. The molecule has 1 aromatic heterocycles. The van der Waals surface area contributed by atoms with Gasteiger partial charge in [0.15, 0.2) is 0 Å². The molecule has 0 N–H and O–H groups in total. The van der Waals surface area contributed by atoms with Crippen LogP contribution in [0.4, 0.5) is 4.39 Å². The third-order valence-corrected chi connectivity index (χ3v) is 3.22. The maximum Gasteiger partial charge on any atom is 0.214 e. The summed E-state index contributed by atoms with van der Waals surface area (Å²) in [7, 11) is 0. The van der Waals surface area contributed by atoms with Gasteiger partial charge < -0.3 is 0 Å². The molecular formula is C13H11Cl2FN2O. The van der Waals surface area contributed by atoms with Crippen LogP contribution >= 0.6 is 23.2 Å². The number of benzene rings is 1. The molecule has 0 saturated heterocycles. The van der Waals surface area contributed by atoms with E-state index in [2.05, 4.69) is 5.10 Å². The lowest BCUT2D eigenvalue weighted by molar-refractivity contribution is 0.102. The van der Waals surface area contributed by atoms with Crippen molar-refractivity contribution in [2.24, 2.45) is 0 Å². The van der Waals surface area contributed by atoms with Crippen molar-refractivity contribution >= 4 is 29.0 Å². The highest BCUT2D eigenvalue weighted by molar-refractivity contribution is 6.37. The van der Waals surface area contributed by atoms with Crippen molar-refractivity contribution in [3.05, 3.63) is 51.5 Å². The molecule has 0 aliphatic rings. The van der Waals surface area contributed by atoms with E-state index in [4.69, 9.17) is 23.2 Å². The molecule has 1 heterocycles. The fourth-order valence-electron chi connectivity index (χ4n) is 1.75. The van der Waals surface area contributed by atoms with Gasteiger partial charge in [0, 0.05) is 11.6 Å². The zero-order valence-electron chi connectivity index (χ0n) is 10.3. The van der Waals surface area contributed by atoms with E-state index in [0.717, 1.165) is 6.07 Å². The highest BCUT2D eigenvalue weighted by Gasteiger charge is 2.22. The first-order valence-electron chi connectivity index (χ1n) is 5.64. The van der Waals surface area contributed by atoms with Crippen LogP contribution in [0.2, 0.25) is 10.0 Å². The summed E-state index contributed by atoms with van der Waals surface area (Å²) in [5.74, 6) is -0.869. The van der Waals surface area contributed by atoms with Crippen LogP contribution < -0.4 is 0 Å². The van der Waals surface area contributed by atoms with Gasteiger partial charge in [-0.25, -0.2) is 4.39 Å². The zero-order valence-corrected chi connectivity index (χ0v) is 11.8. The second-order valence-corrected chi connectivity index (χ2v) is 5.15. The van der Waals surface area contributed by atoms with Gasteiger partial charge in [0.2, 0.25) is 5.78 Å². The summed E-state index contributed by atoms with van der Waals surface area (Å²) < 4.78 is 14.5. The van der Waals surface area contributed by atoms with Crippen LogP contribution in [0.3, 0.4) is 0 Å². The van der Waals surface area contributed by atoms with Crippen LogP contribution in [0, 0.1) is 5.82 Å². The van der Waals surface area contributed by atoms with Crippen LogP contribution in [0.15, 0.2) is 24.4 Å². The van der Waals surface area contributed by atoms with E-state index >= 15 is 0 Å². The Morgan fingerprint density at radius 3 is 2.58 bits per heavy atom. The molecule has 19 heavy (non-hydrogen) atoms. The van der Waals surface area contributed by atoms with Gasteiger partial charge in [-0.1, -0.05) is 23.2 Å². The number of halogens is 3. The first kappa shape index (κ1) is 14.0. The quantitative estimate of drug-likeness (QED) is 0.799. The molecule has 6 heteroatoms. The van der Waals surface area contributed by atoms with E-state index < -0.39 is 5.82 Å². The summed E-state index contributed by atoms with van der Waals surface area (Å²) in [6.07, 6.45) is 1.41. The van der Waals surface area contributed by atoms with Crippen LogP contribution in [-0.4, -0.2) is 15.6 Å². The Hall–Kier alpha value is -1.39. The summed E-state index contributed by atoms with van der Waals surface area (Å²) in [6, 6.07) is 3.60. The number of rotatable bonds is 3. The lowest BCUT2D eigenvalue weighted by atomic mass is 10.1. The maximum absolute atomic E-state index is 13.0. The Kier molecular flexibility index (Phi) is 3.92. The molecule has 2 aromatic rings. The van der Waals surface area contributed by atoms with Gasteiger partial charge in [0.05, 0.1) is 16.2 Å². The Bertz CT molecular complexity index is 638. The van der Waals surface area contributed by atoms with Crippen molar-refractivity contribution in [2.45, 2.75) is 19.9 Å². The molecule has 2 rings (SSSR count). The summed E-state index contributed by atoms with van der Waals surface area (Å²) in [6.45, 7) is 3.76. The highest BCUT2D eigenvalue weighted by atomic mass is 35.5. The molecule has 3 nitrogen and oxygen atoms in total. The Labute approximate surface area is 119 Å². The summed E-state index contributed by atoms with van der Waals surface area (Å²) >= 11 is 11.9. The molecule has 0 aliphatic heterocycles. The largest absolute Gasteiger partial charge is 0.287 e. The fraction of sp³-hybridized carbons (Fsp3) is 0.231. The van der Waals surface area contributed by atoms with Crippen molar-refractivity contribution in [3.8, 4) is 0 Å². The fourth-order valence-corrected chi connectivity index (χ4v) is 2.22. The molecule has 0 bridgehead atoms. The molecule has 100 valence electrons. The van der Waals surface area contributed by atoms with Gasteiger partial charge in [0.1, 0.15) is 11.5 Å². The minimum absolute atomic E-state index is 0.0225. The van der Waals surface area contributed by atoms with Crippen LogP contribution in [0.1, 0.15) is 35.9 Å². The monoisotopic (exact) mass is 300 g/mol. The summed E-state index contributed by atoms with van der Waals surface area (Å²) in [5, 5.41) is 4.36. The molecular weight excluding hydrogens is 290 g/mol. The molecule has 0 fully saturated rings. The second-order valence-electron chi connectivity index (χ2n) is 4.33. The topological polar surface area (TPSA) is 34.9 Å². The van der Waals surface area contributed by atoms with E-state index in [1.165, 1.54) is 23.0 Å². The zero-order chi connectivity index (χ0) is 14.2. The number of ketones is 1. The van der Waals surface area contributed by atoms with Crippen LogP contribution in [0.25, 0.3) is 0 Å².